The molecule has 5 nitrogen and oxygen atoms in total. The number of hydrogen-bond donors (Lipinski definition) is 2. The van der Waals surface area contributed by atoms with E-state index < -0.39 is 6.55 Å². The van der Waals surface area contributed by atoms with Crippen LogP contribution in [0.4, 0.5) is 8.78 Å². The summed E-state index contributed by atoms with van der Waals surface area (Å²) < 4.78 is 26.1. The molecule has 1 rings (SSSR count). The third-order valence-electron chi connectivity index (χ3n) is 2.85. The van der Waals surface area contributed by atoms with Crippen LogP contribution in [0, 0.1) is 5.92 Å². The van der Waals surface area contributed by atoms with Gasteiger partial charge in [-0.25, -0.2) is 4.98 Å². The summed E-state index contributed by atoms with van der Waals surface area (Å²) >= 11 is 0. The van der Waals surface area contributed by atoms with Gasteiger partial charge in [-0.05, 0) is 18.8 Å². The lowest BCUT2D eigenvalue weighted by Gasteiger charge is -2.13. The van der Waals surface area contributed by atoms with E-state index >= 15 is 0 Å². The van der Waals surface area contributed by atoms with Crippen LogP contribution in [-0.4, -0.2) is 29.1 Å². The Hall–Kier alpha value is -1.66. The van der Waals surface area contributed by atoms with Crippen molar-refractivity contribution >= 4 is 5.96 Å². The number of imidazole rings is 1. The summed E-state index contributed by atoms with van der Waals surface area (Å²) in [7, 11) is 1.65. The van der Waals surface area contributed by atoms with Gasteiger partial charge < -0.3 is 10.6 Å². The van der Waals surface area contributed by atoms with Crippen molar-refractivity contribution in [2.24, 2.45) is 10.9 Å². The van der Waals surface area contributed by atoms with E-state index in [-0.39, 0.29) is 12.4 Å². The number of halogens is 2. The first-order valence-corrected chi connectivity index (χ1v) is 6.79. The molecule has 114 valence electrons. The van der Waals surface area contributed by atoms with E-state index in [2.05, 4.69) is 34.5 Å². The second-order valence-corrected chi connectivity index (χ2v) is 4.92. The first-order chi connectivity index (χ1) is 9.54. The van der Waals surface area contributed by atoms with E-state index in [1.165, 1.54) is 12.4 Å². The molecule has 1 aromatic rings. The maximum absolute atomic E-state index is 12.6. The molecule has 0 saturated heterocycles. The number of alkyl halides is 2. The van der Waals surface area contributed by atoms with Crippen molar-refractivity contribution in [3.63, 3.8) is 0 Å². The predicted molar refractivity (Wildman–Crippen MR) is 75.8 cm³/mol. The molecule has 1 aromatic heterocycles. The summed E-state index contributed by atoms with van der Waals surface area (Å²) in [5.74, 6) is 1.55. The number of nitrogens with one attached hydrogen (secondary N) is 2. The van der Waals surface area contributed by atoms with Crippen LogP contribution >= 0.6 is 0 Å². The Morgan fingerprint density at radius 1 is 1.40 bits per heavy atom. The zero-order valence-electron chi connectivity index (χ0n) is 12.2. The molecule has 0 amide bonds. The Morgan fingerprint density at radius 2 is 2.15 bits per heavy atom. The minimum Gasteiger partial charge on any atom is -0.356 e. The first-order valence-electron chi connectivity index (χ1n) is 6.79. The summed E-state index contributed by atoms with van der Waals surface area (Å²) in [6.45, 7) is 2.80. The zero-order chi connectivity index (χ0) is 15.0. The standard InChI is InChI=1S/C13H23F2N5/c1-10(2)5-4-6-18-13(16-3)19-9-11-17-7-8-20(11)12(14)15/h7-8,10,12H,4-6,9H2,1-3H3,(H2,16,18,19). The molecule has 0 atom stereocenters. The molecule has 0 aliphatic rings. The second kappa shape index (κ2) is 8.50. The number of guanidine groups is 1. The first kappa shape index (κ1) is 16.4. The highest BCUT2D eigenvalue weighted by Crippen LogP contribution is 2.11. The summed E-state index contributed by atoms with van der Waals surface area (Å²) in [5.41, 5.74) is 0. The van der Waals surface area contributed by atoms with Gasteiger partial charge in [-0.1, -0.05) is 13.8 Å². The van der Waals surface area contributed by atoms with Crippen molar-refractivity contribution in [1.82, 2.24) is 20.2 Å². The maximum Gasteiger partial charge on any atom is 0.319 e. The van der Waals surface area contributed by atoms with Gasteiger partial charge in [-0.3, -0.25) is 9.56 Å². The normalized spacial score (nSPS) is 12.2. The highest BCUT2D eigenvalue weighted by atomic mass is 19.3. The summed E-state index contributed by atoms with van der Waals surface area (Å²) in [6, 6.07) is 0. The lowest BCUT2D eigenvalue weighted by molar-refractivity contribution is 0.0668. The molecule has 0 aliphatic heterocycles. The predicted octanol–water partition coefficient (Wildman–Crippen LogP) is 2.38. The van der Waals surface area contributed by atoms with Crippen LogP contribution in [0.25, 0.3) is 0 Å². The Morgan fingerprint density at radius 3 is 2.75 bits per heavy atom. The molecule has 0 fully saturated rings. The van der Waals surface area contributed by atoms with E-state index in [1.54, 1.807) is 7.05 Å². The van der Waals surface area contributed by atoms with Crippen LogP contribution < -0.4 is 10.6 Å². The van der Waals surface area contributed by atoms with Gasteiger partial charge in [0.15, 0.2) is 5.96 Å². The number of aliphatic imine (C=N–C) groups is 1. The minimum atomic E-state index is -2.57. The minimum absolute atomic E-state index is 0.210. The molecule has 0 aliphatic carbocycles. The Kier molecular flexibility index (Phi) is 6.97. The Labute approximate surface area is 118 Å². The summed E-state index contributed by atoms with van der Waals surface area (Å²) in [6.07, 6.45) is 4.81. The van der Waals surface area contributed by atoms with Crippen molar-refractivity contribution in [3.05, 3.63) is 18.2 Å². The molecule has 0 spiro atoms. The molecule has 0 radical (unpaired) electrons. The van der Waals surface area contributed by atoms with Gasteiger partial charge >= 0.3 is 6.55 Å². The van der Waals surface area contributed by atoms with Gasteiger partial charge in [0.05, 0.1) is 6.54 Å². The van der Waals surface area contributed by atoms with Gasteiger partial charge in [0, 0.05) is 26.0 Å². The molecule has 0 saturated carbocycles. The fourth-order valence-corrected chi connectivity index (χ4v) is 1.76. The number of nitrogens with zero attached hydrogens (tertiary/aromatic N) is 3. The fraction of sp³-hybridized carbons (Fsp3) is 0.692. The van der Waals surface area contributed by atoms with Gasteiger partial charge in [0.25, 0.3) is 0 Å². The van der Waals surface area contributed by atoms with Crippen LogP contribution in [0.2, 0.25) is 0 Å². The van der Waals surface area contributed by atoms with E-state index in [0.717, 1.165) is 24.0 Å². The second-order valence-electron chi connectivity index (χ2n) is 4.92. The van der Waals surface area contributed by atoms with E-state index in [0.29, 0.717) is 11.9 Å². The van der Waals surface area contributed by atoms with Gasteiger partial charge in [0.2, 0.25) is 0 Å². The number of hydrogen-bond acceptors (Lipinski definition) is 2. The van der Waals surface area contributed by atoms with Crippen LogP contribution in [0.5, 0.6) is 0 Å². The largest absolute Gasteiger partial charge is 0.356 e. The van der Waals surface area contributed by atoms with Gasteiger partial charge in [0.1, 0.15) is 5.82 Å². The molecular weight excluding hydrogens is 264 g/mol. The Balaban J connectivity index is 2.36. The van der Waals surface area contributed by atoms with E-state index in [9.17, 15) is 8.78 Å². The molecule has 0 aromatic carbocycles. The molecule has 7 heteroatoms. The van der Waals surface area contributed by atoms with Crippen molar-refractivity contribution in [3.8, 4) is 0 Å². The summed E-state index contributed by atoms with van der Waals surface area (Å²) in [5, 5.41) is 6.13. The van der Waals surface area contributed by atoms with Crippen LogP contribution in [0.1, 0.15) is 39.1 Å². The fourth-order valence-electron chi connectivity index (χ4n) is 1.76. The van der Waals surface area contributed by atoms with Crippen LogP contribution in [-0.2, 0) is 6.54 Å². The number of aromatic nitrogens is 2. The maximum atomic E-state index is 12.6. The monoisotopic (exact) mass is 287 g/mol. The quantitative estimate of drug-likeness (QED) is 0.460. The molecule has 0 bridgehead atoms. The molecule has 0 unspecified atom stereocenters. The third kappa shape index (κ3) is 5.54. The topological polar surface area (TPSA) is 54.2 Å². The number of rotatable bonds is 7. The van der Waals surface area contributed by atoms with Crippen molar-refractivity contribution in [2.75, 3.05) is 13.6 Å². The van der Waals surface area contributed by atoms with Gasteiger partial charge in [-0.15, -0.1) is 0 Å². The lowest BCUT2D eigenvalue weighted by Crippen LogP contribution is -2.38. The van der Waals surface area contributed by atoms with Crippen molar-refractivity contribution < 1.29 is 8.78 Å². The molecule has 20 heavy (non-hydrogen) atoms. The zero-order valence-corrected chi connectivity index (χ0v) is 12.2. The van der Waals surface area contributed by atoms with Crippen LogP contribution in [0.3, 0.4) is 0 Å². The van der Waals surface area contributed by atoms with E-state index in [1.807, 2.05) is 0 Å². The Bertz CT molecular complexity index is 415. The van der Waals surface area contributed by atoms with Crippen LogP contribution in [0.15, 0.2) is 17.4 Å². The third-order valence-corrected chi connectivity index (χ3v) is 2.85. The lowest BCUT2D eigenvalue weighted by atomic mass is 10.1. The SMILES string of the molecule is CN=C(NCCCC(C)C)NCc1nccn1C(F)F. The average molecular weight is 287 g/mol. The van der Waals surface area contributed by atoms with Gasteiger partial charge in [-0.2, -0.15) is 8.78 Å². The van der Waals surface area contributed by atoms with Crippen molar-refractivity contribution in [2.45, 2.75) is 39.8 Å². The smallest absolute Gasteiger partial charge is 0.319 e. The average Bonchev–Trinajstić information content (AvgIpc) is 2.86. The highest BCUT2D eigenvalue weighted by molar-refractivity contribution is 5.79. The molecule has 2 N–H and O–H groups in total. The molecule has 1 heterocycles. The highest BCUT2D eigenvalue weighted by Gasteiger charge is 2.11. The van der Waals surface area contributed by atoms with E-state index in [4.69, 9.17) is 0 Å². The summed E-state index contributed by atoms with van der Waals surface area (Å²) in [4.78, 5) is 7.95. The molecular formula is C13H23F2N5. The van der Waals surface area contributed by atoms with Crippen molar-refractivity contribution in [1.29, 1.82) is 0 Å².